The molecule has 10 amide bonds. The Bertz CT molecular complexity index is 3900. The number of carbonyl (C=O) groups is 14. The third-order valence-electron chi connectivity index (χ3n) is 19.6. The number of hydrogen-bond donors (Lipinski definition) is 15. The molecule has 6 aliphatic heterocycles. The predicted molar refractivity (Wildman–Crippen MR) is 371 cm³/mol. The van der Waals surface area contributed by atoms with Gasteiger partial charge in [0, 0.05) is 99.3 Å². The lowest BCUT2D eigenvalue weighted by Crippen LogP contribution is -2.62. The molecule has 6 aliphatic rings. The summed E-state index contributed by atoms with van der Waals surface area (Å²) >= 11 is 5.62. The van der Waals surface area contributed by atoms with Crippen molar-refractivity contribution in [1.29, 1.82) is 0 Å². The molecule has 3 aromatic carbocycles. The summed E-state index contributed by atoms with van der Waals surface area (Å²) in [7, 11) is 0. The zero-order valence-electron chi connectivity index (χ0n) is 58.1. The van der Waals surface area contributed by atoms with Crippen LogP contribution < -0.4 is 53.6 Å². The van der Waals surface area contributed by atoms with Gasteiger partial charge in [0.15, 0.2) is 10.7 Å². The Kier molecular flexibility index (Phi) is 26.1. The molecule has 0 bridgehead atoms. The lowest BCUT2D eigenvalue weighted by Gasteiger charge is -2.39. The average Bonchev–Trinajstić information content (AvgIpc) is 1.49. The molecule has 0 aliphatic carbocycles. The number of primary amides is 1. The van der Waals surface area contributed by atoms with E-state index in [1.807, 2.05) is 0 Å². The van der Waals surface area contributed by atoms with Crippen LogP contribution >= 0.6 is 12.2 Å². The highest BCUT2D eigenvalue weighted by molar-refractivity contribution is 7.80. The number of thiocarbonyl (C=S) groups is 1. The highest BCUT2D eigenvalue weighted by Crippen LogP contribution is 2.57. The van der Waals surface area contributed by atoms with Crippen molar-refractivity contribution in [2.45, 2.75) is 195 Å². The van der Waals surface area contributed by atoms with E-state index in [2.05, 4.69) is 37.2 Å². The van der Waals surface area contributed by atoms with Crippen molar-refractivity contribution in [3.8, 4) is 23.0 Å². The molecule has 9 rings (SSSR count). The number of phenols is 2. The summed E-state index contributed by atoms with van der Waals surface area (Å²) in [4.78, 5) is 197. The highest BCUT2D eigenvalue weighted by Gasteiger charge is 2.54. The van der Waals surface area contributed by atoms with Crippen LogP contribution in [-0.4, -0.2) is 238 Å². The maximum atomic E-state index is 14.6. The summed E-state index contributed by atoms with van der Waals surface area (Å²) in [5.41, 5.74) is 5.95. The maximum absolute atomic E-state index is 14.6. The first-order valence-electron chi connectivity index (χ1n) is 34.9. The average molecular weight is 1500 g/mol. The van der Waals surface area contributed by atoms with Gasteiger partial charge in [-0.1, -0.05) is 0 Å². The molecule has 17 N–H and O–H groups in total. The van der Waals surface area contributed by atoms with Crippen molar-refractivity contribution in [2.75, 3.05) is 38.0 Å². The van der Waals surface area contributed by atoms with Crippen LogP contribution in [0.15, 0.2) is 54.6 Å². The van der Waals surface area contributed by atoms with Crippen LogP contribution in [0.4, 0.5) is 5.69 Å². The number of carboxylic acids is 3. The van der Waals surface area contributed by atoms with Crippen molar-refractivity contribution in [3.05, 3.63) is 76.9 Å². The Morgan fingerprint density at radius 3 is 1.78 bits per heavy atom. The molecule has 6 heterocycles. The summed E-state index contributed by atoms with van der Waals surface area (Å²) in [6.07, 6.45) is -3.30. The van der Waals surface area contributed by atoms with Gasteiger partial charge in [0.1, 0.15) is 77.4 Å². The number of aromatic hydroxyl groups is 2. The number of unbranched alkanes of at least 4 members (excludes halogenated alkanes) is 1. The van der Waals surface area contributed by atoms with Crippen LogP contribution in [0.25, 0.3) is 0 Å². The molecule has 0 saturated carbocycles. The number of nitrogens with zero attached hydrogens (tertiary/aromatic N) is 4. The van der Waals surface area contributed by atoms with Crippen LogP contribution in [0.1, 0.15) is 150 Å². The number of aliphatic hydroxyl groups is 1. The lowest BCUT2D eigenvalue weighted by molar-refractivity contribution is -0.151. The second kappa shape index (κ2) is 34.9. The molecule has 36 nitrogen and oxygen atoms in total. The minimum absolute atomic E-state index is 0.0133. The molecule has 3 aromatic rings. The number of nitrogens with two attached hydrogens (primary N) is 2. The van der Waals surface area contributed by atoms with Gasteiger partial charge in [-0.05, 0) is 146 Å². The number of carbonyl (C=O) groups excluding carboxylic acids is 11. The number of nitrogens with one attached hydrogen (secondary N) is 7. The third-order valence-corrected chi connectivity index (χ3v) is 19.8. The monoisotopic (exact) mass is 1500 g/mol. The number of amides is 10. The van der Waals surface area contributed by atoms with Crippen LogP contribution in [-0.2, 0) is 77.5 Å². The maximum Gasteiger partial charge on any atom is 0.340 e. The molecule has 37 heteroatoms. The van der Waals surface area contributed by atoms with E-state index >= 15 is 0 Å². The van der Waals surface area contributed by atoms with Gasteiger partial charge in [-0.3, -0.25) is 67.2 Å². The Labute approximate surface area is 611 Å². The number of rotatable bonds is 31. The molecule has 0 radical (unpaired) electrons. The second-order valence-corrected chi connectivity index (χ2v) is 27.4. The molecule has 1 spiro atoms. The largest absolute Gasteiger partial charge is 0.508 e. The number of esters is 1. The number of ether oxygens (including phenoxy) is 2. The fraction of sp³-hybridized carbons (Fsp3) is 0.522. The van der Waals surface area contributed by atoms with E-state index in [1.54, 1.807) is 30.3 Å². The molecule has 0 aromatic heterocycles. The minimum Gasteiger partial charge on any atom is -0.508 e. The van der Waals surface area contributed by atoms with Crippen LogP contribution in [0.3, 0.4) is 0 Å². The fourth-order valence-corrected chi connectivity index (χ4v) is 14.5. The summed E-state index contributed by atoms with van der Waals surface area (Å²) in [6.45, 7) is 2.67. The van der Waals surface area contributed by atoms with Crippen molar-refractivity contribution < 1.29 is 112 Å². The van der Waals surface area contributed by atoms with Gasteiger partial charge in [-0.15, -0.1) is 0 Å². The number of likely N-dealkylation sites (tertiary alicyclic amines) is 4. The fourth-order valence-electron chi connectivity index (χ4n) is 14.3. The second-order valence-electron chi connectivity index (χ2n) is 27.0. The van der Waals surface area contributed by atoms with Gasteiger partial charge < -0.3 is 103 Å². The standard InChI is InChI=1S/C69H87N13O23S/c1-34(64(99)81-26-6-4-9-49(81)66(101)82-33-39(105-71)32-50(82)62(97)76-45(20-23-55(89)90)59(94)75-44(58(70)93)19-22-54(87)88)73-63(98)57(35(2)83)78-61(96)48-11-8-28-80(48)65(100)46(21-24-56(91)92)77-60(95)47-10-7-27-79(47)53(86)12-3-5-25-72-68(106)74-36-13-16-40-43(29-36)69(104-67(40)102)41-17-14-37(84)30-51(41)103-52-31-38(85)15-18-42(52)69/h13-18,29-31,34-35,39,44-50,57,83-85H,3-12,19-28,32-33,71H2,1-2H3,(H2,70,93)(H,73,98)(H,75,94)(H,76,97)(H,77,95)(H,78,96)(H,87,88)(H,89,90)(H,91,92)(H2,72,74,106)/t34-,35+,39-,44-,45-,46-,47-,48-,49-,50-,57-/m0/s1. The van der Waals surface area contributed by atoms with E-state index in [0.29, 0.717) is 61.0 Å². The number of benzene rings is 3. The van der Waals surface area contributed by atoms with Crippen molar-refractivity contribution >= 4 is 106 Å². The van der Waals surface area contributed by atoms with Gasteiger partial charge in [0.2, 0.25) is 59.1 Å². The minimum atomic E-state index is -1.75. The zero-order valence-corrected chi connectivity index (χ0v) is 58.9. The molecule has 4 fully saturated rings. The lowest BCUT2D eigenvalue weighted by atomic mass is 9.77. The molecule has 11 atom stereocenters. The number of phenolic OH excluding ortho intramolecular Hbond substituents is 2. The van der Waals surface area contributed by atoms with Gasteiger partial charge >= 0.3 is 23.9 Å². The van der Waals surface area contributed by atoms with E-state index in [4.69, 9.17) is 43.3 Å². The predicted octanol–water partition coefficient (Wildman–Crippen LogP) is -0.750. The molecule has 572 valence electrons. The smallest absolute Gasteiger partial charge is 0.340 e. The van der Waals surface area contributed by atoms with E-state index in [1.165, 1.54) is 47.9 Å². The number of aliphatic hydroxyl groups excluding tert-OH is 1. The van der Waals surface area contributed by atoms with E-state index in [9.17, 15) is 92.7 Å². The Balaban J connectivity index is 0.767. The number of aliphatic carboxylic acids is 3. The van der Waals surface area contributed by atoms with Gasteiger partial charge in [-0.2, -0.15) is 0 Å². The zero-order chi connectivity index (χ0) is 77.0. The van der Waals surface area contributed by atoms with Gasteiger partial charge in [-0.25, -0.2) is 10.7 Å². The topological polar surface area (TPSA) is 537 Å². The SMILES string of the molecule is C[C@H](NC(=O)[C@@H](NC(=O)[C@@H]1CCCN1C(=O)[C@H](CCC(=O)O)NC(=O)[C@@H]1CCCN1C(=O)CCCCNC(=S)Nc1ccc2c(c1)C1(OC2=O)c2ccc(O)cc2Oc2cc(O)ccc21)[C@@H](C)O)C(=O)N1CCCC[C@H]1C(=O)N1C[C@@H](ON)C[C@H]1C(=O)N[C@@H](CCC(=O)O)C(=O)N[C@@H](CCC(=O)O)C(N)=O. The first kappa shape index (κ1) is 79.3. The number of fused-ring (bicyclic) bond motifs is 6. The number of hydrogen-bond acceptors (Lipinski definition) is 22. The first-order chi connectivity index (χ1) is 50.4. The van der Waals surface area contributed by atoms with Gasteiger partial charge in [0.05, 0.1) is 17.8 Å². The van der Waals surface area contributed by atoms with Crippen LogP contribution in [0.2, 0.25) is 0 Å². The highest BCUT2D eigenvalue weighted by atomic mass is 32.1. The van der Waals surface area contributed by atoms with Crippen LogP contribution in [0.5, 0.6) is 23.0 Å². The Morgan fingerprint density at radius 1 is 0.613 bits per heavy atom. The van der Waals surface area contributed by atoms with Gasteiger partial charge in [0.25, 0.3) is 0 Å². The summed E-state index contributed by atoms with van der Waals surface area (Å²) in [5.74, 6) is -7.39. The Morgan fingerprint density at radius 2 is 1.17 bits per heavy atom. The quantitative estimate of drug-likeness (QED) is 0.0163. The number of carboxylic acid groups (broad SMARTS) is 3. The molecular formula is C69H87N13O23S. The first-order valence-corrected chi connectivity index (χ1v) is 35.3. The molecule has 0 unspecified atom stereocenters. The Hall–Kier alpha value is -10.8. The summed E-state index contributed by atoms with van der Waals surface area (Å²) < 4.78 is 12.2. The van der Waals surface area contributed by atoms with Crippen molar-refractivity contribution in [2.24, 2.45) is 11.6 Å². The van der Waals surface area contributed by atoms with E-state index < -0.39 is 188 Å². The summed E-state index contributed by atoms with van der Waals surface area (Å²) in [5, 5.41) is 78.6. The molecular weight excluding hydrogens is 1410 g/mol. The van der Waals surface area contributed by atoms with E-state index in [0.717, 1.165) is 9.80 Å². The van der Waals surface area contributed by atoms with Crippen LogP contribution in [0, 0.1) is 0 Å². The van der Waals surface area contributed by atoms with Crippen molar-refractivity contribution in [3.63, 3.8) is 0 Å². The number of anilines is 1. The van der Waals surface area contributed by atoms with E-state index in [-0.39, 0.29) is 104 Å². The molecule has 4 saturated heterocycles. The summed E-state index contributed by atoms with van der Waals surface area (Å²) in [6, 6.07) is 0.952. The number of piperidine rings is 1. The normalized spacial score (nSPS) is 20.6. The molecule has 106 heavy (non-hydrogen) atoms. The third kappa shape index (κ3) is 18.5. The van der Waals surface area contributed by atoms with Crippen molar-refractivity contribution in [1.82, 2.24) is 51.5 Å².